The summed E-state index contributed by atoms with van der Waals surface area (Å²) in [5.41, 5.74) is 3.22. The van der Waals surface area contributed by atoms with Crippen LogP contribution in [0.1, 0.15) is 23.0 Å². The number of anilines is 2. The molecule has 0 saturated carbocycles. The molecule has 0 unspecified atom stereocenters. The molecule has 0 aliphatic rings. The Bertz CT molecular complexity index is 898. The average molecular weight is 376 g/mol. The highest BCUT2D eigenvalue weighted by molar-refractivity contribution is 5.92. The molecule has 144 valence electrons. The first-order valence-electron chi connectivity index (χ1n) is 9.26. The van der Waals surface area contributed by atoms with Gasteiger partial charge in [-0.3, -0.25) is 9.78 Å². The van der Waals surface area contributed by atoms with Crippen LogP contribution in [0.2, 0.25) is 0 Å². The van der Waals surface area contributed by atoms with Gasteiger partial charge in [0, 0.05) is 26.0 Å². The van der Waals surface area contributed by atoms with Crippen molar-refractivity contribution in [1.82, 2.24) is 14.9 Å². The Morgan fingerprint density at radius 1 is 1.11 bits per heavy atom. The van der Waals surface area contributed by atoms with E-state index in [0.29, 0.717) is 18.8 Å². The number of ether oxygens (including phenoxy) is 1. The normalized spacial score (nSPS) is 10.4. The third kappa shape index (κ3) is 5.07. The van der Waals surface area contributed by atoms with Crippen LogP contribution in [0.4, 0.5) is 11.4 Å². The van der Waals surface area contributed by atoms with Crippen LogP contribution in [0.15, 0.2) is 67.1 Å². The van der Waals surface area contributed by atoms with E-state index in [1.165, 1.54) is 0 Å². The largest absolute Gasteiger partial charge is 0.492 e. The van der Waals surface area contributed by atoms with Crippen LogP contribution in [-0.4, -0.2) is 41.0 Å². The van der Waals surface area contributed by atoms with Gasteiger partial charge in [0.25, 0.3) is 5.91 Å². The van der Waals surface area contributed by atoms with Gasteiger partial charge in [0.2, 0.25) is 0 Å². The first kappa shape index (κ1) is 19.4. The first-order chi connectivity index (χ1) is 13.7. The summed E-state index contributed by atoms with van der Waals surface area (Å²) in [6.45, 7) is 3.16. The van der Waals surface area contributed by atoms with E-state index in [-0.39, 0.29) is 5.91 Å². The molecule has 1 N–H and O–H groups in total. The van der Waals surface area contributed by atoms with Crippen LogP contribution in [0, 0.1) is 0 Å². The lowest BCUT2D eigenvalue weighted by atomic mass is 10.2. The van der Waals surface area contributed by atoms with Gasteiger partial charge in [0.05, 0.1) is 24.2 Å². The Hall–Kier alpha value is -3.41. The highest BCUT2D eigenvalue weighted by Crippen LogP contribution is 2.27. The summed E-state index contributed by atoms with van der Waals surface area (Å²) in [5, 5.41) is 3.28. The fourth-order valence-electron chi connectivity index (χ4n) is 2.74. The summed E-state index contributed by atoms with van der Waals surface area (Å²) in [5.74, 6) is 0.677. The van der Waals surface area contributed by atoms with Crippen molar-refractivity contribution in [2.24, 2.45) is 0 Å². The lowest BCUT2D eigenvalue weighted by molar-refractivity contribution is 0.0791. The average Bonchev–Trinajstić information content (AvgIpc) is 2.74. The molecule has 2 aromatic heterocycles. The zero-order valence-corrected chi connectivity index (χ0v) is 16.1. The van der Waals surface area contributed by atoms with Gasteiger partial charge < -0.3 is 15.0 Å². The second-order valence-electron chi connectivity index (χ2n) is 6.32. The van der Waals surface area contributed by atoms with Gasteiger partial charge in [-0.1, -0.05) is 12.1 Å². The Kier molecular flexibility index (Phi) is 6.57. The summed E-state index contributed by atoms with van der Waals surface area (Å²) < 4.78 is 5.62. The van der Waals surface area contributed by atoms with Crippen LogP contribution in [-0.2, 0) is 6.42 Å². The Morgan fingerprint density at radius 2 is 1.89 bits per heavy atom. The molecular formula is C22H24N4O2. The van der Waals surface area contributed by atoms with Gasteiger partial charge in [-0.25, -0.2) is 4.98 Å². The topological polar surface area (TPSA) is 67.3 Å². The molecule has 6 nitrogen and oxygen atoms in total. The number of benzene rings is 1. The van der Waals surface area contributed by atoms with E-state index in [2.05, 4.69) is 15.3 Å². The number of carbonyl (C=O) groups excluding carboxylic acids is 1. The number of amides is 1. The van der Waals surface area contributed by atoms with Crippen molar-refractivity contribution in [2.45, 2.75) is 13.3 Å². The summed E-state index contributed by atoms with van der Waals surface area (Å²) in [6.07, 6.45) is 5.95. The Balaban J connectivity index is 1.61. The number of para-hydroxylation sites is 2. The minimum Gasteiger partial charge on any atom is -0.492 e. The van der Waals surface area contributed by atoms with Gasteiger partial charge in [0.1, 0.15) is 11.4 Å². The standard InChI is InChI=1S/C22H24N4O2/c1-3-28-21-7-5-4-6-19(21)25-18-8-9-20(24-16-18)22(27)26(2)15-12-17-10-13-23-14-11-17/h4-11,13-14,16,25H,3,12,15H2,1-2H3. The van der Waals surface area contributed by atoms with Gasteiger partial charge in [-0.2, -0.15) is 0 Å². The fraction of sp³-hybridized carbons (Fsp3) is 0.227. The molecule has 3 aromatic rings. The summed E-state index contributed by atoms with van der Waals surface area (Å²) >= 11 is 0. The minimum absolute atomic E-state index is 0.102. The number of hydrogen-bond acceptors (Lipinski definition) is 5. The molecule has 6 heteroatoms. The van der Waals surface area contributed by atoms with Gasteiger partial charge in [-0.05, 0) is 55.3 Å². The lowest BCUT2D eigenvalue weighted by Gasteiger charge is -2.17. The van der Waals surface area contributed by atoms with E-state index in [0.717, 1.165) is 29.1 Å². The summed E-state index contributed by atoms with van der Waals surface area (Å²) in [7, 11) is 1.79. The van der Waals surface area contributed by atoms with Crippen LogP contribution in [0.3, 0.4) is 0 Å². The number of rotatable bonds is 8. The van der Waals surface area contributed by atoms with Crippen molar-refractivity contribution >= 4 is 17.3 Å². The monoisotopic (exact) mass is 376 g/mol. The minimum atomic E-state index is -0.102. The lowest BCUT2D eigenvalue weighted by Crippen LogP contribution is -2.29. The van der Waals surface area contributed by atoms with Gasteiger partial charge >= 0.3 is 0 Å². The van der Waals surface area contributed by atoms with E-state index < -0.39 is 0 Å². The molecule has 0 saturated heterocycles. The number of hydrogen-bond donors (Lipinski definition) is 1. The Morgan fingerprint density at radius 3 is 2.61 bits per heavy atom. The predicted octanol–water partition coefficient (Wildman–Crippen LogP) is 3.93. The molecule has 0 aliphatic carbocycles. The molecule has 1 amide bonds. The zero-order chi connectivity index (χ0) is 19.8. The van der Waals surface area contributed by atoms with Crippen molar-refractivity contribution in [2.75, 3.05) is 25.5 Å². The summed E-state index contributed by atoms with van der Waals surface area (Å²) in [6, 6.07) is 15.2. The summed E-state index contributed by atoms with van der Waals surface area (Å²) in [4.78, 5) is 22.6. The molecule has 1 aromatic carbocycles. The smallest absolute Gasteiger partial charge is 0.272 e. The van der Waals surface area contributed by atoms with E-state index in [1.807, 2.05) is 49.4 Å². The van der Waals surface area contributed by atoms with E-state index in [1.54, 1.807) is 36.6 Å². The number of nitrogens with zero attached hydrogens (tertiary/aromatic N) is 3. The molecule has 2 heterocycles. The number of likely N-dealkylation sites (N-methyl/N-ethyl adjacent to an activating group) is 1. The molecule has 0 bridgehead atoms. The van der Waals surface area contributed by atoms with Crippen LogP contribution < -0.4 is 10.1 Å². The molecule has 3 rings (SSSR count). The second kappa shape index (κ2) is 9.50. The highest BCUT2D eigenvalue weighted by atomic mass is 16.5. The number of aromatic nitrogens is 2. The third-order valence-corrected chi connectivity index (χ3v) is 4.28. The van der Waals surface area contributed by atoms with E-state index >= 15 is 0 Å². The zero-order valence-electron chi connectivity index (χ0n) is 16.1. The Labute approximate surface area is 165 Å². The number of pyridine rings is 2. The van der Waals surface area contributed by atoms with E-state index in [4.69, 9.17) is 4.74 Å². The first-order valence-corrected chi connectivity index (χ1v) is 9.26. The van der Waals surface area contributed by atoms with Crippen molar-refractivity contribution < 1.29 is 9.53 Å². The van der Waals surface area contributed by atoms with Crippen molar-refractivity contribution in [3.05, 3.63) is 78.4 Å². The SMILES string of the molecule is CCOc1ccccc1Nc1ccc(C(=O)N(C)CCc2ccncc2)nc1. The van der Waals surface area contributed by atoms with Gasteiger partial charge in [-0.15, -0.1) is 0 Å². The molecule has 0 atom stereocenters. The van der Waals surface area contributed by atoms with Gasteiger partial charge in [0.15, 0.2) is 0 Å². The number of nitrogens with one attached hydrogen (secondary N) is 1. The maximum absolute atomic E-state index is 12.6. The molecule has 28 heavy (non-hydrogen) atoms. The second-order valence-corrected chi connectivity index (χ2v) is 6.32. The molecule has 0 fully saturated rings. The molecule has 0 spiro atoms. The predicted molar refractivity (Wildman–Crippen MR) is 110 cm³/mol. The maximum Gasteiger partial charge on any atom is 0.272 e. The number of carbonyl (C=O) groups is 1. The fourth-order valence-corrected chi connectivity index (χ4v) is 2.74. The molecular weight excluding hydrogens is 352 g/mol. The third-order valence-electron chi connectivity index (χ3n) is 4.28. The van der Waals surface area contributed by atoms with Crippen LogP contribution in [0.25, 0.3) is 0 Å². The maximum atomic E-state index is 12.6. The quantitative estimate of drug-likeness (QED) is 0.645. The van der Waals surface area contributed by atoms with Crippen molar-refractivity contribution in [3.63, 3.8) is 0 Å². The van der Waals surface area contributed by atoms with Crippen molar-refractivity contribution in [3.8, 4) is 5.75 Å². The van der Waals surface area contributed by atoms with Crippen LogP contribution >= 0.6 is 0 Å². The molecule has 0 aliphatic heterocycles. The van der Waals surface area contributed by atoms with Crippen LogP contribution in [0.5, 0.6) is 5.75 Å². The van der Waals surface area contributed by atoms with E-state index in [9.17, 15) is 4.79 Å². The highest BCUT2D eigenvalue weighted by Gasteiger charge is 2.13. The van der Waals surface area contributed by atoms with Crippen molar-refractivity contribution in [1.29, 1.82) is 0 Å². The molecule has 0 radical (unpaired) electrons.